The van der Waals surface area contributed by atoms with Crippen LogP contribution >= 0.6 is 38.9 Å². The SMILES string of the molecule is CC(N)(Cc1cc(Br)cs1)c1cccc(Cl)c1. The van der Waals surface area contributed by atoms with E-state index in [9.17, 15) is 0 Å². The van der Waals surface area contributed by atoms with Crippen LogP contribution in [0.2, 0.25) is 5.02 Å². The number of halogens is 2. The molecule has 0 aliphatic carbocycles. The van der Waals surface area contributed by atoms with E-state index in [2.05, 4.69) is 27.4 Å². The lowest BCUT2D eigenvalue weighted by atomic mass is 9.89. The highest BCUT2D eigenvalue weighted by atomic mass is 79.9. The van der Waals surface area contributed by atoms with Gasteiger partial charge in [-0.3, -0.25) is 0 Å². The van der Waals surface area contributed by atoms with Gasteiger partial charge in [-0.1, -0.05) is 23.7 Å². The largest absolute Gasteiger partial charge is 0.321 e. The first-order chi connectivity index (χ1) is 7.97. The Kier molecular flexibility index (Phi) is 3.93. The second-order valence-corrected chi connectivity index (χ2v) is 6.68. The predicted molar refractivity (Wildman–Crippen MR) is 78.7 cm³/mol. The Bertz CT molecular complexity index is 522. The van der Waals surface area contributed by atoms with E-state index in [4.69, 9.17) is 17.3 Å². The molecule has 0 bridgehead atoms. The number of hydrogen-bond donors (Lipinski definition) is 1. The summed E-state index contributed by atoms with van der Waals surface area (Å²) in [5.74, 6) is 0. The fourth-order valence-electron chi connectivity index (χ4n) is 1.75. The fourth-order valence-corrected chi connectivity index (χ4v) is 3.56. The number of hydrogen-bond acceptors (Lipinski definition) is 2. The number of rotatable bonds is 3. The van der Waals surface area contributed by atoms with Crippen LogP contribution in [0.1, 0.15) is 17.4 Å². The number of nitrogens with two attached hydrogens (primary N) is 1. The van der Waals surface area contributed by atoms with E-state index in [-0.39, 0.29) is 0 Å². The van der Waals surface area contributed by atoms with Gasteiger partial charge >= 0.3 is 0 Å². The molecule has 1 aromatic carbocycles. The molecule has 1 aromatic heterocycles. The van der Waals surface area contributed by atoms with Gasteiger partial charge < -0.3 is 5.73 Å². The maximum absolute atomic E-state index is 6.38. The monoisotopic (exact) mass is 329 g/mol. The molecular weight excluding hydrogens is 318 g/mol. The molecule has 2 aromatic rings. The Morgan fingerprint density at radius 3 is 2.76 bits per heavy atom. The van der Waals surface area contributed by atoms with Crippen molar-refractivity contribution in [3.05, 3.63) is 55.6 Å². The lowest BCUT2D eigenvalue weighted by molar-refractivity contribution is 0.495. The maximum atomic E-state index is 6.38. The van der Waals surface area contributed by atoms with E-state index in [0.717, 1.165) is 21.5 Å². The van der Waals surface area contributed by atoms with E-state index < -0.39 is 5.54 Å². The van der Waals surface area contributed by atoms with Crippen molar-refractivity contribution in [3.8, 4) is 0 Å². The fraction of sp³-hybridized carbons (Fsp3) is 0.231. The third-order valence-electron chi connectivity index (χ3n) is 2.65. The van der Waals surface area contributed by atoms with Crippen LogP contribution in [0.25, 0.3) is 0 Å². The van der Waals surface area contributed by atoms with Crippen LogP contribution < -0.4 is 5.73 Å². The highest BCUT2D eigenvalue weighted by Crippen LogP contribution is 2.29. The summed E-state index contributed by atoms with van der Waals surface area (Å²) in [4.78, 5) is 1.27. The van der Waals surface area contributed by atoms with Gasteiger partial charge in [0.2, 0.25) is 0 Å². The molecule has 2 N–H and O–H groups in total. The third-order valence-corrected chi connectivity index (χ3v) is 4.58. The van der Waals surface area contributed by atoms with Crippen LogP contribution in [0.5, 0.6) is 0 Å². The van der Waals surface area contributed by atoms with Gasteiger partial charge in [-0.25, -0.2) is 0 Å². The van der Waals surface area contributed by atoms with Crippen molar-refractivity contribution in [1.82, 2.24) is 0 Å². The maximum Gasteiger partial charge on any atom is 0.0430 e. The van der Waals surface area contributed by atoms with Crippen LogP contribution in [-0.4, -0.2) is 0 Å². The average Bonchev–Trinajstić information content (AvgIpc) is 2.63. The summed E-state index contributed by atoms with van der Waals surface area (Å²) in [5, 5.41) is 2.80. The second kappa shape index (κ2) is 5.11. The quantitative estimate of drug-likeness (QED) is 0.876. The van der Waals surface area contributed by atoms with Gasteiger partial charge in [0.25, 0.3) is 0 Å². The summed E-state index contributed by atoms with van der Waals surface area (Å²) in [6.07, 6.45) is 0.809. The molecule has 0 aliphatic heterocycles. The predicted octanol–water partition coefficient (Wildman–Crippen LogP) is 4.58. The van der Waals surface area contributed by atoms with Crippen molar-refractivity contribution in [2.24, 2.45) is 5.73 Å². The van der Waals surface area contributed by atoms with Gasteiger partial charge in [0.15, 0.2) is 0 Å². The van der Waals surface area contributed by atoms with Crippen molar-refractivity contribution in [3.63, 3.8) is 0 Å². The minimum atomic E-state index is -0.394. The molecular formula is C13H13BrClNS. The minimum Gasteiger partial charge on any atom is -0.321 e. The highest BCUT2D eigenvalue weighted by Gasteiger charge is 2.22. The summed E-state index contributed by atoms with van der Waals surface area (Å²) in [7, 11) is 0. The second-order valence-electron chi connectivity index (χ2n) is 4.34. The van der Waals surface area contributed by atoms with Crippen LogP contribution in [-0.2, 0) is 12.0 Å². The molecule has 1 atom stereocenters. The summed E-state index contributed by atoms with van der Waals surface area (Å²) >= 11 is 11.2. The van der Waals surface area contributed by atoms with Crippen molar-refractivity contribution >= 4 is 38.9 Å². The van der Waals surface area contributed by atoms with Gasteiger partial charge in [0.1, 0.15) is 0 Å². The van der Waals surface area contributed by atoms with Crippen LogP contribution in [0, 0.1) is 0 Å². The Labute approximate surface area is 119 Å². The molecule has 1 heterocycles. The molecule has 4 heteroatoms. The summed E-state index contributed by atoms with van der Waals surface area (Å²) in [6, 6.07) is 9.87. The van der Waals surface area contributed by atoms with Crippen LogP contribution in [0.3, 0.4) is 0 Å². The Morgan fingerprint density at radius 2 is 2.18 bits per heavy atom. The van der Waals surface area contributed by atoms with Gasteiger partial charge in [-0.2, -0.15) is 0 Å². The normalized spacial score (nSPS) is 14.6. The molecule has 17 heavy (non-hydrogen) atoms. The molecule has 1 nitrogen and oxygen atoms in total. The first-order valence-electron chi connectivity index (χ1n) is 5.25. The zero-order chi connectivity index (χ0) is 12.5. The van der Waals surface area contributed by atoms with Gasteiger partial charge in [-0.05, 0) is 46.6 Å². The molecule has 2 rings (SSSR count). The van der Waals surface area contributed by atoms with Crippen molar-refractivity contribution in [2.75, 3.05) is 0 Å². The average molecular weight is 331 g/mol. The summed E-state index contributed by atoms with van der Waals surface area (Å²) in [5.41, 5.74) is 7.05. The van der Waals surface area contributed by atoms with Crippen LogP contribution in [0.15, 0.2) is 40.2 Å². The Balaban J connectivity index is 2.24. The third kappa shape index (κ3) is 3.32. The zero-order valence-corrected chi connectivity index (χ0v) is 12.6. The van der Waals surface area contributed by atoms with E-state index >= 15 is 0 Å². The molecule has 0 amide bonds. The standard InChI is InChI=1S/C13H13BrClNS/c1-13(16,7-12-6-10(14)8-17-12)9-3-2-4-11(15)5-9/h2-6,8H,7,16H2,1H3. The zero-order valence-electron chi connectivity index (χ0n) is 9.41. The summed E-state index contributed by atoms with van der Waals surface area (Å²) in [6.45, 7) is 2.03. The summed E-state index contributed by atoms with van der Waals surface area (Å²) < 4.78 is 1.11. The van der Waals surface area contributed by atoms with E-state index in [1.54, 1.807) is 11.3 Å². The molecule has 90 valence electrons. The first-order valence-corrected chi connectivity index (χ1v) is 7.30. The molecule has 0 spiro atoms. The molecule has 0 radical (unpaired) electrons. The van der Waals surface area contributed by atoms with Crippen molar-refractivity contribution < 1.29 is 0 Å². The van der Waals surface area contributed by atoms with E-state index in [1.807, 2.05) is 31.2 Å². The van der Waals surface area contributed by atoms with Gasteiger partial charge in [0, 0.05) is 31.7 Å². The topological polar surface area (TPSA) is 26.0 Å². The molecule has 0 saturated carbocycles. The molecule has 1 unspecified atom stereocenters. The molecule has 0 aliphatic rings. The Hall–Kier alpha value is -0.350. The van der Waals surface area contributed by atoms with E-state index in [1.165, 1.54) is 4.88 Å². The van der Waals surface area contributed by atoms with Gasteiger partial charge in [0.05, 0.1) is 0 Å². The number of benzene rings is 1. The number of thiophene rings is 1. The lowest BCUT2D eigenvalue weighted by Gasteiger charge is -2.24. The van der Waals surface area contributed by atoms with Gasteiger partial charge in [-0.15, -0.1) is 11.3 Å². The highest BCUT2D eigenvalue weighted by molar-refractivity contribution is 9.10. The van der Waals surface area contributed by atoms with Crippen molar-refractivity contribution in [2.45, 2.75) is 18.9 Å². The Morgan fingerprint density at radius 1 is 1.41 bits per heavy atom. The van der Waals surface area contributed by atoms with Crippen molar-refractivity contribution in [1.29, 1.82) is 0 Å². The van der Waals surface area contributed by atoms with E-state index in [0.29, 0.717) is 0 Å². The minimum absolute atomic E-state index is 0.394. The molecule has 0 fully saturated rings. The lowest BCUT2D eigenvalue weighted by Crippen LogP contribution is -2.35. The van der Waals surface area contributed by atoms with Crippen LogP contribution in [0.4, 0.5) is 0 Å². The smallest absolute Gasteiger partial charge is 0.0430 e. The first kappa shape index (κ1) is 13.1. The molecule has 0 saturated heterocycles.